The van der Waals surface area contributed by atoms with Gasteiger partial charge in [0.05, 0.1) is 23.8 Å². The van der Waals surface area contributed by atoms with Crippen LogP contribution in [-0.2, 0) is 4.74 Å². The molecule has 2 aliphatic rings. The fourth-order valence-corrected chi connectivity index (χ4v) is 4.47. The average Bonchev–Trinajstić information content (AvgIpc) is 3.53. The molecule has 3 heterocycles. The van der Waals surface area contributed by atoms with Gasteiger partial charge in [0.2, 0.25) is 5.13 Å². The summed E-state index contributed by atoms with van der Waals surface area (Å²) in [7, 11) is 0. The molecule has 0 bridgehead atoms. The molecule has 5 rings (SSSR count). The Bertz CT molecular complexity index is 1170. The third kappa shape index (κ3) is 3.73. The summed E-state index contributed by atoms with van der Waals surface area (Å²) in [5.74, 6) is -1.16. The van der Waals surface area contributed by atoms with Gasteiger partial charge in [-0.05, 0) is 31.0 Å². The first-order chi connectivity index (χ1) is 15.1. The smallest absolute Gasteiger partial charge is 0.261 e. The third-order valence-electron chi connectivity index (χ3n) is 5.31. The Morgan fingerprint density at radius 2 is 1.90 bits per heavy atom. The first-order valence-corrected chi connectivity index (χ1v) is 10.7. The van der Waals surface area contributed by atoms with Crippen LogP contribution < -0.4 is 5.32 Å². The lowest BCUT2D eigenvalue weighted by Gasteiger charge is -2.17. The van der Waals surface area contributed by atoms with Gasteiger partial charge in [0, 0.05) is 17.7 Å². The highest BCUT2D eigenvalue weighted by Gasteiger charge is 2.38. The molecule has 0 saturated carbocycles. The number of hydrogen-bond acceptors (Lipinski definition) is 7. The van der Waals surface area contributed by atoms with Crippen LogP contribution in [0.2, 0.25) is 0 Å². The Morgan fingerprint density at radius 1 is 1.10 bits per heavy atom. The number of aromatic nitrogens is 2. The van der Waals surface area contributed by atoms with Crippen LogP contribution in [0.5, 0.6) is 0 Å². The zero-order chi connectivity index (χ0) is 21.4. The molecule has 1 N–H and O–H groups in total. The number of fused-ring (bicyclic) bond motifs is 1. The number of amides is 3. The van der Waals surface area contributed by atoms with Gasteiger partial charge in [0.25, 0.3) is 17.7 Å². The van der Waals surface area contributed by atoms with Crippen LogP contribution >= 0.6 is 11.3 Å². The molecule has 2 aromatic carbocycles. The highest BCUT2D eigenvalue weighted by Crippen LogP contribution is 2.28. The summed E-state index contributed by atoms with van der Waals surface area (Å²) in [5, 5.41) is 11.9. The summed E-state index contributed by atoms with van der Waals surface area (Å²) in [6.07, 6.45) is 1.63. The summed E-state index contributed by atoms with van der Waals surface area (Å²) < 4.78 is 5.55. The van der Waals surface area contributed by atoms with E-state index in [4.69, 9.17) is 4.74 Å². The quantitative estimate of drug-likeness (QED) is 0.619. The van der Waals surface area contributed by atoms with E-state index in [0.29, 0.717) is 22.3 Å². The minimum absolute atomic E-state index is 0.124. The monoisotopic (exact) mass is 434 g/mol. The first kappa shape index (κ1) is 19.5. The van der Waals surface area contributed by atoms with Crippen molar-refractivity contribution in [1.82, 2.24) is 15.1 Å². The van der Waals surface area contributed by atoms with E-state index < -0.39 is 11.8 Å². The van der Waals surface area contributed by atoms with E-state index in [1.807, 2.05) is 30.3 Å². The molecule has 1 unspecified atom stereocenters. The maximum Gasteiger partial charge on any atom is 0.261 e. The Kier molecular flexibility index (Phi) is 5.05. The zero-order valence-electron chi connectivity index (χ0n) is 16.4. The molecule has 0 spiro atoms. The summed E-state index contributed by atoms with van der Waals surface area (Å²) in [6.45, 7) is 0.886. The number of rotatable bonds is 5. The molecule has 3 amide bonds. The average molecular weight is 434 g/mol. The molecule has 0 aliphatic carbocycles. The highest BCUT2D eigenvalue weighted by atomic mass is 32.1. The topological polar surface area (TPSA) is 101 Å². The van der Waals surface area contributed by atoms with Crippen LogP contribution in [0.25, 0.3) is 10.6 Å². The second kappa shape index (κ2) is 8.01. The van der Waals surface area contributed by atoms with Crippen molar-refractivity contribution >= 4 is 34.2 Å². The van der Waals surface area contributed by atoms with Crippen molar-refractivity contribution in [1.29, 1.82) is 0 Å². The van der Waals surface area contributed by atoms with Crippen LogP contribution in [0.15, 0.2) is 48.5 Å². The molecule has 0 radical (unpaired) electrons. The number of hydrogen-bond donors (Lipinski definition) is 1. The van der Waals surface area contributed by atoms with E-state index in [-0.39, 0.29) is 29.7 Å². The fraction of sp³-hybridized carbons (Fsp3) is 0.227. The molecule has 1 saturated heterocycles. The van der Waals surface area contributed by atoms with Crippen molar-refractivity contribution in [3.63, 3.8) is 0 Å². The van der Waals surface area contributed by atoms with E-state index in [2.05, 4.69) is 15.5 Å². The molecule has 1 aromatic heterocycles. The van der Waals surface area contributed by atoms with Gasteiger partial charge in [-0.3, -0.25) is 24.6 Å². The normalized spacial score (nSPS) is 17.8. The second-order valence-electron chi connectivity index (χ2n) is 7.35. The maximum atomic E-state index is 12.8. The van der Waals surface area contributed by atoms with Crippen LogP contribution in [0.3, 0.4) is 0 Å². The number of imide groups is 1. The predicted molar refractivity (Wildman–Crippen MR) is 114 cm³/mol. The van der Waals surface area contributed by atoms with E-state index in [9.17, 15) is 14.4 Å². The van der Waals surface area contributed by atoms with Crippen molar-refractivity contribution in [2.45, 2.75) is 18.9 Å². The lowest BCUT2D eigenvalue weighted by atomic mass is 10.1. The van der Waals surface area contributed by atoms with E-state index in [1.165, 1.54) is 34.4 Å². The van der Waals surface area contributed by atoms with Crippen molar-refractivity contribution < 1.29 is 19.1 Å². The van der Waals surface area contributed by atoms with E-state index in [0.717, 1.165) is 18.4 Å². The highest BCUT2D eigenvalue weighted by molar-refractivity contribution is 7.18. The molecule has 156 valence electrons. The Balaban J connectivity index is 1.32. The maximum absolute atomic E-state index is 12.8. The lowest BCUT2D eigenvalue weighted by Crippen LogP contribution is -2.36. The Labute approximate surface area is 181 Å². The SMILES string of the molecule is O=C(Nc1nnc(-c2ccccc2)s1)c1ccc2c(c1)C(=O)N(CC1CCCO1)C2=O. The largest absolute Gasteiger partial charge is 0.376 e. The third-order valence-corrected chi connectivity index (χ3v) is 6.20. The van der Waals surface area contributed by atoms with Crippen molar-refractivity contribution in [3.05, 3.63) is 65.2 Å². The van der Waals surface area contributed by atoms with Crippen LogP contribution in [0.1, 0.15) is 43.9 Å². The van der Waals surface area contributed by atoms with Crippen molar-refractivity contribution in [2.24, 2.45) is 0 Å². The first-order valence-electron chi connectivity index (χ1n) is 9.92. The Morgan fingerprint density at radius 3 is 2.68 bits per heavy atom. The summed E-state index contributed by atoms with van der Waals surface area (Å²) in [5.41, 5.74) is 1.73. The van der Waals surface area contributed by atoms with Gasteiger partial charge in [-0.2, -0.15) is 0 Å². The van der Waals surface area contributed by atoms with Gasteiger partial charge in [-0.25, -0.2) is 0 Å². The number of nitrogens with zero attached hydrogens (tertiary/aromatic N) is 3. The minimum Gasteiger partial charge on any atom is -0.376 e. The number of ether oxygens (including phenoxy) is 1. The van der Waals surface area contributed by atoms with Crippen LogP contribution in [-0.4, -0.2) is 52.1 Å². The summed E-state index contributed by atoms with van der Waals surface area (Å²) in [4.78, 5) is 39.3. The van der Waals surface area contributed by atoms with Gasteiger partial charge >= 0.3 is 0 Å². The zero-order valence-corrected chi connectivity index (χ0v) is 17.2. The van der Waals surface area contributed by atoms with Gasteiger partial charge < -0.3 is 4.74 Å². The molecule has 1 atom stereocenters. The molecule has 3 aromatic rings. The lowest BCUT2D eigenvalue weighted by molar-refractivity contribution is 0.0475. The van der Waals surface area contributed by atoms with Crippen molar-refractivity contribution in [3.8, 4) is 10.6 Å². The van der Waals surface area contributed by atoms with E-state index >= 15 is 0 Å². The van der Waals surface area contributed by atoms with E-state index in [1.54, 1.807) is 0 Å². The fourth-order valence-electron chi connectivity index (χ4n) is 3.73. The second-order valence-corrected chi connectivity index (χ2v) is 8.33. The number of anilines is 1. The van der Waals surface area contributed by atoms with Gasteiger partial charge in [-0.15, -0.1) is 10.2 Å². The molecule has 9 heteroatoms. The van der Waals surface area contributed by atoms with Gasteiger partial charge in [-0.1, -0.05) is 41.7 Å². The van der Waals surface area contributed by atoms with Crippen molar-refractivity contribution in [2.75, 3.05) is 18.5 Å². The Hall–Kier alpha value is -3.43. The predicted octanol–water partition coefficient (Wildman–Crippen LogP) is 3.23. The van der Waals surface area contributed by atoms with Gasteiger partial charge in [0.15, 0.2) is 0 Å². The van der Waals surface area contributed by atoms with Gasteiger partial charge in [0.1, 0.15) is 5.01 Å². The molecule has 31 heavy (non-hydrogen) atoms. The molecular weight excluding hydrogens is 416 g/mol. The molecule has 1 fully saturated rings. The van der Waals surface area contributed by atoms with Crippen LogP contribution in [0, 0.1) is 0 Å². The number of carbonyl (C=O) groups excluding carboxylic acids is 3. The minimum atomic E-state index is -0.420. The number of carbonyl (C=O) groups is 3. The molecule has 2 aliphatic heterocycles. The number of benzene rings is 2. The summed E-state index contributed by atoms with van der Waals surface area (Å²) >= 11 is 1.26. The number of nitrogens with one attached hydrogen (secondary N) is 1. The summed E-state index contributed by atoms with van der Waals surface area (Å²) in [6, 6.07) is 14.1. The molecule has 8 nitrogen and oxygen atoms in total. The standard InChI is InChI=1S/C22H18N4O4S/c27-18(23-22-25-24-19(31-22)13-5-2-1-3-6-13)14-8-9-16-17(11-14)21(29)26(20(16)28)12-15-7-4-10-30-15/h1-3,5-6,8-9,11,15H,4,7,10,12H2,(H,23,25,27). The van der Waals surface area contributed by atoms with Crippen LogP contribution in [0.4, 0.5) is 5.13 Å². The molecular formula is C22H18N4O4S.